The predicted octanol–water partition coefficient (Wildman–Crippen LogP) is 3.73. The van der Waals surface area contributed by atoms with Crippen LogP contribution in [0.5, 0.6) is 0 Å². The highest BCUT2D eigenvalue weighted by Crippen LogP contribution is 2.25. The molecule has 0 spiro atoms. The molecule has 0 bridgehead atoms. The Bertz CT molecular complexity index is 564. The molecule has 1 unspecified atom stereocenters. The second-order valence-electron chi connectivity index (χ2n) is 4.22. The first-order chi connectivity index (χ1) is 9.47. The van der Waals surface area contributed by atoms with Gasteiger partial charge in [-0.3, -0.25) is 4.79 Å². The topological polar surface area (TPSA) is 64.9 Å². The van der Waals surface area contributed by atoms with Crippen molar-refractivity contribution in [1.82, 2.24) is 5.32 Å². The summed E-state index contributed by atoms with van der Waals surface area (Å²) in [7, 11) is 0. The first-order valence-electron chi connectivity index (χ1n) is 6.10. The fourth-order valence-corrected chi connectivity index (χ4v) is 1.61. The number of nitriles is 1. The van der Waals surface area contributed by atoms with Gasteiger partial charge in [0, 0.05) is 17.3 Å². The molecule has 0 aliphatic carbocycles. The summed E-state index contributed by atoms with van der Waals surface area (Å²) >= 11 is 11.8. The number of carbonyl (C=O) groups is 1. The van der Waals surface area contributed by atoms with Crippen LogP contribution in [0.4, 0.5) is 5.69 Å². The molecule has 106 valence electrons. The molecule has 0 radical (unpaired) electrons. The molecule has 0 heterocycles. The molecule has 4 nitrogen and oxygen atoms in total. The van der Waals surface area contributed by atoms with Crippen LogP contribution in [0, 0.1) is 11.3 Å². The smallest absolute Gasteiger partial charge is 0.267 e. The summed E-state index contributed by atoms with van der Waals surface area (Å²) in [6.07, 6.45) is 2.29. The summed E-state index contributed by atoms with van der Waals surface area (Å²) < 4.78 is 0. The number of halogens is 2. The molecule has 0 fully saturated rings. The van der Waals surface area contributed by atoms with E-state index in [1.807, 2.05) is 19.9 Å². The molecule has 0 saturated heterocycles. The van der Waals surface area contributed by atoms with Gasteiger partial charge >= 0.3 is 0 Å². The third kappa shape index (κ3) is 4.76. The quantitative estimate of drug-likeness (QED) is 0.643. The maximum absolute atomic E-state index is 12.0. The molecular weight excluding hydrogens is 297 g/mol. The molecule has 0 aromatic heterocycles. The van der Waals surface area contributed by atoms with E-state index in [0.717, 1.165) is 6.42 Å². The van der Waals surface area contributed by atoms with Gasteiger partial charge in [0.25, 0.3) is 5.91 Å². The Labute approximate surface area is 128 Å². The van der Waals surface area contributed by atoms with E-state index < -0.39 is 5.91 Å². The molecule has 0 saturated carbocycles. The van der Waals surface area contributed by atoms with Gasteiger partial charge in [-0.05, 0) is 31.5 Å². The average Bonchev–Trinajstić information content (AvgIpc) is 2.43. The lowest BCUT2D eigenvalue weighted by molar-refractivity contribution is -0.112. The van der Waals surface area contributed by atoms with Crippen LogP contribution in [0.2, 0.25) is 10.0 Å². The van der Waals surface area contributed by atoms with Gasteiger partial charge in [0.1, 0.15) is 11.6 Å². The second-order valence-corrected chi connectivity index (χ2v) is 5.07. The molecular formula is C14H15Cl2N3O. The van der Waals surface area contributed by atoms with Gasteiger partial charge in [0.15, 0.2) is 0 Å². The first kappa shape index (κ1) is 16.4. The van der Waals surface area contributed by atoms with E-state index in [2.05, 4.69) is 10.6 Å². The summed E-state index contributed by atoms with van der Waals surface area (Å²) in [6.45, 7) is 3.96. The third-order valence-electron chi connectivity index (χ3n) is 2.67. The second kappa shape index (κ2) is 7.78. The maximum Gasteiger partial charge on any atom is 0.267 e. The zero-order valence-corrected chi connectivity index (χ0v) is 12.7. The number of nitrogens with one attached hydrogen (secondary N) is 2. The lowest BCUT2D eigenvalue weighted by Crippen LogP contribution is -2.22. The van der Waals surface area contributed by atoms with Gasteiger partial charge in [-0.15, -0.1) is 0 Å². The summed E-state index contributed by atoms with van der Waals surface area (Å²) in [4.78, 5) is 12.0. The monoisotopic (exact) mass is 311 g/mol. The number of rotatable bonds is 5. The van der Waals surface area contributed by atoms with Gasteiger partial charge < -0.3 is 10.6 Å². The molecule has 2 N–H and O–H groups in total. The van der Waals surface area contributed by atoms with E-state index in [4.69, 9.17) is 28.5 Å². The van der Waals surface area contributed by atoms with Crippen LogP contribution in [-0.4, -0.2) is 11.9 Å². The van der Waals surface area contributed by atoms with E-state index in [1.165, 1.54) is 12.3 Å². The lowest BCUT2D eigenvalue weighted by Gasteiger charge is -2.10. The molecule has 0 aliphatic heterocycles. The van der Waals surface area contributed by atoms with Crippen LogP contribution in [0.1, 0.15) is 20.3 Å². The van der Waals surface area contributed by atoms with Gasteiger partial charge in [-0.1, -0.05) is 30.1 Å². The summed E-state index contributed by atoms with van der Waals surface area (Å²) in [6, 6.07) is 6.75. The minimum Gasteiger partial charge on any atom is -0.387 e. The predicted molar refractivity (Wildman–Crippen MR) is 81.7 cm³/mol. The number of hydrogen-bond acceptors (Lipinski definition) is 3. The van der Waals surface area contributed by atoms with Crippen molar-refractivity contribution in [2.24, 2.45) is 0 Å². The van der Waals surface area contributed by atoms with Gasteiger partial charge in [0.05, 0.1) is 10.7 Å². The SMILES string of the molecule is CCC(C)N/C=C(/C#N)C(=O)Nc1cc(Cl)ccc1Cl. The van der Waals surface area contributed by atoms with Crippen molar-refractivity contribution in [3.63, 3.8) is 0 Å². The van der Waals surface area contributed by atoms with Crippen LogP contribution in [0.25, 0.3) is 0 Å². The lowest BCUT2D eigenvalue weighted by atomic mass is 10.2. The van der Waals surface area contributed by atoms with E-state index >= 15 is 0 Å². The van der Waals surface area contributed by atoms with Crippen LogP contribution in [-0.2, 0) is 4.79 Å². The minimum atomic E-state index is -0.535. The van der Waals surface area contributed by atoms with Crippen molar-refractivity contribution >= 4 is 34.8 Å². The third-order valence-corrected chi connectivity index (χ3v) is 3.23. The zero-order chi connectivity index (χ0) is 15.1. The number of amides is 1. The molecule has 20 heavy (non-hydrogen) atoms. The van der Waals surface area contributed by atoms with Crippen molar-refractivity contribution in [2.45, 2.75) is 26.3 Å². The Morgan fingerprint density at radius 3 is 2.80 bits per heavy atom. The van der Waals surface area contributed by atoms with E-state index in [0.29, 0.717) is 15.7 Å². The van der Waals surface area contributed by atoms with Crippen molar-refractivity contribution in [3.8, 4) is 6.07 Å². The number of benzene rings is 1. The summed E-state index contributed by atoms with van der Waals surface area (Å²) in [5.74, 6) is -0.535. The van der Waals surface area contributed by atoms with E-state index in [1.54, 1.807) is 12.1 Å². The Balaban J connectivity index is 2.83. The normalized spacial score (nSPS) is 12.4. The molecule has 1 aromatic rings. The number of nitrogens with zero attached hydrogens (tertiary/aromatic N) is 1. The maximum atomic E-state index is 12.0. The Morgan fingerprint density at radius 1 is 1.50 bits per heavy atom. The fourth-order valence-electron chi connectivity index (χ4n) is 1.27. The fraction of sp³-hybridized carbons (Fsp3) is 0.286. The van der Waals surface area contributed by atoms with Crippen molar-refractivity contribution in [2.75, 3.05) is 5.32 Å². The highest BCUT2D eigenvalue weighted by atomic mass is 35.5. The van der Waals surface area contributed by atoms with Crippen LogP contribution < -0.4 is 10.6 Å². The van der Waals surface area contributed by atoms with Crippen molar-refractivity contribution in [1.29, 1.82) is 5.26 Å². The van der Waals surface area contributed by atoms with Crippen molar-refractivity contribution in [3.05, 3.63) is 40.0 Å². The van der Waals surface area contributed by atoms with Crippen molar-refractivity contribution < 1.29 is 4.79 Å². The highest BCUT2D eigenvalue weighted by molar-refractivity contribution is 6.35. The Kier molecular flexibility index (Phi) is 6.37. The average molecular weight is 312 g/mol. The van der Waals surface area contributed by atoms with E-state index in [-0.39, 0.29) is 11.6 Å². The zero-order valence-electron chi connectivity index (χ0n) is 11.2. The van der Waals surface area contributed by atoms with Crippen LogP contribution >= 0.6 is 23.2 Å². The molecule has 1 atom stereocenters. The van der Waals surface area contributed by atoms with Gasteiger partial charge in [-0.25, -0.2) is 0 Å². The molecule has 1 amide bonds. The highest BCUT2D eigenvalue weighted by Gasteiger charge is 2.12. The molecule has 6 heteroatoms. The van der Waals surface area contributed by atoms with E-state index in [9.17, 15) is 4.79 Å². The Hall–Kier alpha value is -1.70. The van der Waals surface area contributed by atoms with Crippen LogP contribution in [0.3, 0.4) is 0 Å². The van der Waals surface area contributed by atoms with Gasteiger partial charge in [-0.2, -0.15) is 5.26 Å². The number of carbonyl (C=O) groups excluding carboxylic acids is 1. The molecule has 0 aliphatic rings. The van der Waals surface area contributed by atoms with Crippen LogP contribution in [0.15, 0.2) is 30.0 Å². The summed E-state index contributed by atoms with van der Waals surface area (Å²) in [5, 5.41) is 15.3. The van der Waals surface area contributed by atoms with Gasteiger partial charge in [0.2, 0.25) is 0 Å². The summed E-state index contributed by atoms with van der Waals surface area (Å²) in [5.41, 5.74) is 0.343. The minimum absolute atomic E-state index is 0.0265. The Morgan fingerprint density at radius 2 is 2.20 bits per heavy atom. The largest absolute Gasteiger partial charge is 0.387 e. The molecule has 1 rings (SSSR count). The number of hydrogen-bond donors (Lipinski definition) is 2. The first-order valence-corrected chi connectivity index (χ1v) is 6.86. The number of anilines is 1. The molecule has 1 aromatic carbocycles. The standard InChI is InChI=1S/C14H15Cl2N3O/c1-3-9(2)18-8-10(7-17)14(20)19-13-6-11(15)4-5-12(13)16/h4-6,8-9,18H,3H2,1-2H3,(H,19,20)/b10-8-.